The molecule has 2 aromatic carbocycles. The van der Waals surface area contributed by atoms with Crippen LogP contribution < -0.4 is 0 Å². The molecule has 0 fully saturated rings. The van der Waals surface area contributed by atoms with Crippen LogP contribution in [0.15, 0.2) is 53.0 Å². The minimum absolute atomic E-state index is 0.374. The molecular formula is C13H9BrFNO. The van der Waals surface area contributed by atoms with E-state index in [0.29, 0.717) is 20.5 Å². The smallest absolute Gasteiger partial charge is 0.216 e. The van der Waals surface area contributed by atoms with Gasteiger partial charge in [0.1, 0.15) is 5.82 Å². The lowest BCUT2D eigenvalue weighted by Gasteiger charge is -2.03. The lowest BCUT2D eigenvalue weighted by molar-refractivity contribution is -0.354. The molecule has 0 amide bonds. The number of hydrogen-bond donors (Lipinski definition) is 0. The van der Waals surface area contributed by atoms with Gasteiger partial charge in [-0.1, -0.05) is 18.2 Å². The van der Waals surface area contributed by atoms with E-state index in [4.69, 9.17) is 0 Å². The molecule has 2 aromatic rings. The molecule has 0 aliphatic rings. The molecule has 0 N–H and O–H groups in total. The first-order chi connectivity index (χ1) is 8.16. The number of hydrogen-bond acceptors (Lipinski definition) is 1. The molecule has 0 aliphatic heterocycles. The summed E-state index contributed by atoms with van der Waals surface area (Å²) < 4.78 is 14.4. The Bertz CT molecular complexity index is 555. The van der Waals surface area contributed by atoms with Crippen molar-refractivity contribution in [3.05, 3.63) is 69.6 Å². The van der Waals surface area contributed by atoms with Crippen molar-refractivity contribution in [1.82, 2.24) is 0 Å². The summed E-state index contributed by atoms with van der Waals surface area (Å²) in [5, 5.41) is 11.8. The molecule has 0 aliphatic carbocycles. The highest BCUT2D eigenvalue weighted by Gasteiger charge is 2.05. The van der Waals surface area contributed by atoms with Gasteiger partial charge in [-0.2, -0.15) is 4.74 Å². The van der Waals surface area contributed by atoms with Crippen LogP contribution in [-0.2, 0) is 0 Å². The highest BCUT2D eigenvalue weighted by molar-refractivity contribution is 9.10. The van der Waals surface area contributed by atoms with Gasteiger partial charge in [-0.25, -0.2) is 4.39 Å². The zero-order valence-corrected chi connectivity index (χ0v) is 10.4. The predicted octanol–water partition coefficient (Wildman–Crippen LogP) is 3.85. The highest BCUT2D eigenvalue weighted by Crippen LogP contribution is 2.17. The van der Waals surface area contributed by atoms with Crippen LogP contribution in [0.5, 0.6) is 0 Å². The molecule has 2 rings (SSSR count). The Labute approximate surface area is 107 Å². The molecule has 2 nitrogen and oxygen atoms in total. The minimum Gasteiger partial charge on any atom is -0.618 e. The molecule has 0 unspecified atom stereocenters. The first-order valence-corrected chi connectivity index (χ1v) is 5.77. The Kier molecular flexibility index (Phi) is 3.54. The van der Waals surface area contributed by atoms with Crippen molar-refractivity contribution in [3.8, 4) is 0 Å². The van der Waals surface area contributed by atoms with E-state index in [9.17, 15) is 9.60 Å². The normalized spacial score (nSPS) is 11.5. The van der Waals surface area contributed by atoms with Crippen molar-refractivity contribution >= 4 is 27.8 Å². The molecule has 86 valence electrons. The van der Waals surface area contributed by atoms with Gasteiger partial charge in [0.05, 0.1) is 5.56 Å². The van der Waals surface area contributed by atoms with E-state index >= 15 is 0 Å². The molecule has 4 heteroatoms. The summed E-state index contributed by atoms with van der Waals surface area (Å²) >= 11 is 3.27. The maximum Gasteiger partial charge on any atom is 0.216 e. The first-order valence-electron chi connectivity index (χ1n) is 4.98. The molecular weight excluding hydrogens is 285 g/mol. The van der Waals surface area contributed by atoms with Crippen molar-refractivity contribution < 1.29 is 9.13 Å². The monoisotopic (exact) mass is 293 g/mol. The molecule has 0 bridgehead atoms. The highest BCUT2D eigenvalue weighted by atomic mass is 79.9. The SMILES string of the molecule is [O-]/[N+](=C\c1cc(F)ccc1Br)c1ccccc1. The van der Waals surface area contributed by atoms with E-state index in [-0.39, 0.29) is 5.82 Å². The van der Waals surface area contributed by atoms with E-state index in [1.807, 2.05) is 6.07 Å². The zero-order valence-electron chi connectivity index (χ0n) is 8.81. The van der Waals surface area contributed by atoms with Gasteiger partial charge < -0.3 is 5.21 Å². The van der Waals surface area contributed by atoms with Crippen LogP contribution in [0.4, 0.5) is 10.1 Å². The summed E-state index contributed by atoms with van der Waals surface area (Å²) in [6, 6.07) is 13.0. The van der Waals surface area contributed by atoms with Crippen LogP contribution >= 0.6 is 15.9 Å². The average Bonchev–Trinajstić information content (AvgIpc) is 2.35. The zero-order chi connectivity index (χ0) is 12.3. The Hall–Kier alpha value is -1.68. The Balaban J connectivity index is 2.39. The quantitative estimate of drug-likeness (QED) is 0.357. The van der Waals surface area contributed by atoms with Gasteiger partial charge in [0.2, 0.25) is 5.69 Å². The Morgan fingerprint density at radius 1 is 1.12 bits per heavy atom. The van der Waals surface area contributed by atoms with Crippen LogP contribution in [0.1, 0.15) is 5.56 Å². The van der Waals surface area contributed by atoms with Crippen molar-refractivity contribution in [3.63, 3.8) is 0 Å². The molecule has 0 radical (unpaired) electrons. The van der Waals surface area contributed by atoms with E-state index in [2.05, 4.69) is 15.9 Å². The topological polar surface area (TPSA) is 26.1 Å². The average molecular weight is 294 g/mol. The van der Waals surface area contributed by atoms with E-state index in [1.165, 1.54) is 18.3 Å². The van der Waals surface area contributed by atoms with Crippen LogP contribution in [0.2, 0.25) is 0 Å². The number of benzene rings is 2. The van der Waals surface area contributed by atoms with Gasteiger partial charge in [-0.05, 0) is 34.1 Å². The Morgan fingerprint density at radius 3 is 2.53 bits per heavy atom. The van der Waals surface area contributed by atoms with Crippen molar-refractivity contribution in [1.29, 1.82) is 0 Å². The van der Waals surface area contributed by atoms with Crippen LogP contribution in [0.25, 0.3) is 0 Å². The second kappa shape index (κ2) is 5.10. The first kappa shape index (κ1) is 11.8. The molecule has 0 saturated heterocycles. The second-order valence-corrected chi connectivity index (χ2v) is 4.31. The fourth-order valence-electron chi connectivity index (χ4n) is 1.39. The Morgan fingerprint density at radius 2 is 1.82 bits per heavy atom. The molecule has 0 spiro atoms. The van der Waals surface area contributed by atoms with Gasteiger partial charge in [0, 0.05) is 16.6 Å². The molecule has 0 atom stereocenters. The lowest BCUT2D eigenvalue weighted by Crippen LogP contribution is -1.99. The summed E-state index contributed by atoms with van der Waals surface area (Å²) in [5.41, 5.74) is 1.01. The van der Waals surface area contributed by atoms with Crippen LogP contribution in [0.3, 0.4) is 0 Å². The standard InChI is InChI=1S/C13H9BrFNO/c14-13-7-6-11(15)8-10(13)9-16(17)12-4-2-1-3-5-12/h1-9H/b16-9-. The van der Waals surface area contributed by atoms with Gasteiger partial charge in [0.25, 0.3) is 0 Å². The van der Waals surface area contributed by atoms with Gasteiger partial charge in [-0.3, -0.25) is 0 Å². The fraction of sp³-hybridized carbons (Fsp3) is 0. The third-order valence-corrected chi connectivity index (χ3v) is 2.95. The van der Waals surface area contributed by atoms with Crippen LogP contribution in [-0.4, -0.2) is 11.0 Å². The second-order valence-electron chi connectivity index (χ2n) is 3.46. The lowest BCUT2D eigenvalue weighted by atomic mass is 10.2. The molecule has 0 aromatic heterocycles. The van der Waals surface area contributed by atoms with Crippen molar-refractivity contribution in [2.45, 2.75) is 0 Å². The predicted molar refractivity (Wildman–Crippen MR) is 69.0 cm³/mol. The van der Waals surface area contributed by atoms with Gasteiger partial charge in [0.15, 0.2) is 6.21 Å². The summed E-state index contributed by atoms with van der Waals surface area (Å²) in [5.74, 6) is -0.374. The summed E-state index contributed by atoms with van der Waals surface area (Å²) in [4.78, 5) is 0. The molecule has 0 heterocycles. The third-order valence-electron chi connectivity index (χ3n) is 2.23. The summed E-state index contributed by atoms with van der Waals surface area (Å²) in [6.45, 7) is 0. The van der Waals surface area contributed by atoms with E-state index in [1.54, 1.807) is 30.3 Å². The van der Waals surface area contributed by atoms with Crippen molar-refractivity contribution in [2.24, 2.45) is 0 Å². The van der Waals surface area contributed by atoms with Gasteiger partial charge >= 0.3 is 0 Å². The number of para-hydroxylation sites is 1. The largest absolute Gasteiger partial charge is 0.618 e. The number of nitrogens with zero attached hydrogens (tertiary/aromatic N) is 1. The van der Waals surface area contributed by atoms with Crippen molar-refractivity contribution in [2.75, 3.05) is 0 Å². The molecule has 17 heavy (non-hydrogen) atoms. The van der Waals surface area contributed by atoms with Gasteiger partial charge in [-0.15, -0.1) is 0 Å². The minimum atomic E-state index is -0.374. The van der Waals surface area contributed by atoms with Crippen LogP contribution in [0, 0.1) is 11.0 Å². The fourth-order valence-corrected chi connectivity index (χ4v) is 1.74. The number of rotatable bonds is 2. The summed E-state index contributed by atoms with van der Waals surface area (Å²) in [6.07, 6.45) is 1.34. The summed E-state index contributed by atoms with van der Waals surface area (Å²) in [7, 11) is 0. The maximum atomic E-state index is 13.0. The van der Waals surface area contributed by atoms with E-state index < -0.39 is 0 Å². The maximum absolute atomic E-state index is 13.0. The number of halogens is 2. The molecule has 0 saturated carbocycles. The third kappa shape index (κ3) is 2.91. The van der Waals surface area contributed by atoms with E-state index in [0.717, 1.165) is 0 Å².